The number of rotatable bonds is 1. The second-order valence-electron chi connectivity index (χ2n) is 3.23. The molecule has 2 radical (unpaired) electrons. The van der Waals surface area contributed by atoms with E-state index in [-0.39, 0.29) is 0 Å². The molecule has 14 heavy (non-hydrogen) atoms. The van der Waals surface area contributed by atoms with E-state index in [1.807, 2.05) is 4.68 Å². The predicted octanol–water partition coefficient (Wildman–Crippen LogP) is 0.806. The van der Waals surface area contributed by atoms with Gasteiger partial charge >= 0.3 is 105 Å². The summed E-state index contributed by atoms with van der Waals surface area (Å²) in [7, 11) is 0. The van der Waals surface area contributed by atoms with Gasteiger partial charge in [0.15, 0.2) is 0 Å². The summed E-state index contributed by atoms with van der Waals surface area (Å²) in [6.07, 6.45) is 1.58. The van der Waals surface area contributed by atoms with Crippen LogP contribution in [0.5, 0.6) is 0 Å². The monoisotopic (exact) mass is 362 g/mol. The molecule has 0 aliphatic heterocycles. The third-order valence-corrected chi connectivity index (χ3v) is 3.38. The van der Waals surface area contributed by atoms with Crippen LogP contribution in [0.4, 0.5) is 0 Å². The summed E-state index contributed by atoms with van der Waals surface area (Å²) >= 11 is 4.67. The van der Waals surface area contributed by atoms with Crippen LogP contribution in [0.1, 0.15) is 19.9 Å². The molecule has 4 nitrogen and oxygen atoms in total. The van der Waals surface area contributed by atoms with Gasteiger partial charge in [-0.25, -0.2) is 0 Å². The number of fused-ring (bicyclic) bond motifs is 1. The van der Waals surface area contributed by atoms with Gasteiger partial charge in [0, 0.05) is 0 Å². The molecule has 6 heteroatoms. The van der Waals surface area contributed by atoms with Gasteiger partial charge < -0.3 is 0 Å². The van der Waals surface area contributed by atoms with Gasteiger partial charge in [0.25, 0.3) is 0 Å². The number of aromatic nitrogens is 4. The van der Waals surface area contributed by atoms with Crippen LogP contribution in [-0.4, -0.2) is 36.6 Å². The Kier molecular flexibility index (Phi) is 2.79. The molecule has 0 spiro atoms. The van der Waals surface area contributed by atoms with Crippen molar-refractivity contribution in [3.8, 4) is 0 Å². The molecular formula is C8H8AsIN4. The second-order valence-corrected chi connectivity index (χ2v) is 5.14. The average Bonchev–Trinajstić information content (AvgIpc) is 2.45. The van der Waals surface area contributed by atoms with Crippen LogP contribution in [0.15, 0.2) is 6.33 Å². The summed E-state index contributed by atoms with van der Waals surface area (Å²) in [5.41, 5.74) is 0.912. The second kappa shape index (κ2) is 3.77. The van der Waals surface area contributed by atoms with Crippen molar-refractivity contribution >= 4 is 55.0 Å². The summed E-state index contributed by atoms with van der Waals surface area (Å²) in [4.78, 5) is 8.40. The van der Waals surface area contributed by atoms with Gasteiger partial charge in [-0.3, -0.25) is 0 Å². The van der Waals surface area contributed by atoms with E-state index in [9.17, 15) is 0 Å². The van der Waals surface area contributed by atoms with E-state index < -0.39 is 0 Å². The van der Waals surface area contributed by atoms with E-state index in [1.54, 1.807) is 6.33 Å². The Hall–Kier alpha value is -0.162. The summed E-state index contributed by atoms with van der Waals surface area (Å²) in [5.74, 6) is 0. The quantitative estimate of drug-likeness (QED) is 0.557. The molecule has 2 heterocycles. The molecule has 0 aliphatic rings. The van der Waals surface area contributed by atoms with Gasteiger partial charge in [0.05, 0.1) is 0 Å². The van der Waals surface area contributed by atoms with Crippen molar-refractivity contribution in [2.75, 3.05) is 0 Å². The summed E-state index contributed by atoms with van der Waals surface area (Å²) < 4.78 is 3.82. The Balaban J connectivity index is 2.84. The van der Waals surface area contributed by atoms with E-state index in [0.717, 1.165) is 19.2 Å². The van der Waals surface area contributed by atoms with Gasteiger partial charge in [0.2, 0.25) is 0 Å². The third kappa shape index (κ3) is 1.56. The topological polar surface area (TPSA) is 43.6 Å². The van der Waals surface area contributed by atoms with Crippen LogP contribution in [0, 0.1) is 3.70 Å². The maximum absolute atomic E-state index is 4.44. The van der Waals surface area contributed by atoms with E-state index >= 15 is 0 Å². The summed E-state index contributed by atoms with van der Waals surface area (Å²) in [5, 5.41) is 5.48. The van der Waals surface area contributed by atoms with Crippen LogP contribution in [0.3, 0.4) is 0 Å². The predicted molar refractivity (Wildman–Crippen MR) is 63.8 cm³/mol. The Morgan fingerprint density at radius 1 is 1.43 bits per heavy atom. The molecular weight excluding hydrogens is 354 g/mol. The molecule has 0 N–H and O–H groups in total. The van der Waals surface area contributed by atoms with Crippen molar-refractivity contribution < 1.29 is 0 Å². The molecule has 72 valence electrons. The molecule has 2 rings (SSSR count). The van der Waals surface area contributed by atoms with Crippen LogP contribution in [0.25, 0.3) is 11.0 Å². The molecule has 0 saturated carbocycles. The van der Waals surface area contributed by atoms with Gasteiger partial charge in [-0.2, -0.15) is 0 Å². The van der Waals surface area contributed by atoms with Crippen LogP contribution in [0.2, 0.25) is 0 Å². The zero-order chi connectivity index (χ0) is 10.3. The van der Waals surface area contributed by atoms with Crippen LogP contribution < -0.4 is 4.48 Å². The summed E-state index contributed by atoms with van der Waals surface area (Å²) in [6.45, 7) is 4.18. The number of hydrogen-bond donors (Lipinski definition) is 0. The number of hydrogen-bond acceptors (Lipinski definition) is 3. The standard InChI is InChI=1S/C8H8AsIN4/c1-4(2)14-8-5(7(10)13-14)6(9)11-3-12-8/h3-4H,1-2H3. The molecule has 0 aliphatic carbocycles. The Morgan fingerprint density at radius 2 is 2.14 bits per heavy atom. The van der Waals surface area contributed by atoms with Gasteiger partial charge in [-0.05, 0) is 0 Å². The van der Waals surface area contributed by atoms with Gasteiger partial charge in [-0.1, -0.05) is 0 Å². The van der Waals surface area contributed by atoms with Crippen molar-refractivity contribution in [3.63, 3.8) is 0 Å². The first-order chi connectivity index (χ1) is 6.61. The minimum absolute atomic E-state index is 0.322. The van der Waals surface area contributed by atoms with E-state index in [2.05, 4.69) is 68.4 Å². The molecule has 2 aromatic heterocycles. The molecule has 0 fully saturated rings. The van der Waals surface area contributed by atoms with Crippen molar-refractivity contribution in [1.29, 1.82) is 0 Å². The van der Waals surface area contributed by atoms with E-state index in [0.29, 0.717) is 6.04 Å². The molecule has 0 aromatic carbocycles. The van der Waals surface area contributed by atoms with Crippen molar-refractivity contribution in [1.82, 2.24) is 19.7 Å². The van der Waals surface area contributed by atoms with Gasteiger partial charge in [0.1, 0.15) is 0 Å². The first-order valence-electron chi connectivity index (χ1n) is 4.19. The van der Waals surface area contributed by atoms with Crippen molar-refractivity contribution in [2.24, 2.45) is 0 Å². The molecule has 2 aromatic rings. The molecule has 0 amide bonds. The van der Waals surface area contributed by atoms with Crippen LogP contribution in [-0.2, 0) is 0 Å². The molecule has 0 bridgehead atoms. The van der Waals surface area contributed by atoms with Crippen molar-refractivity contribution in [2.45, 2.75) is 19.9 Å². The third-order valence-electron chi connectivity index (χ3n) is 1.92. The minimum atomic E-state index is 0.322. The maximum atomic E-state index is 4.44. The summed E-state index contributed by atoms with van der Waals surface area (Å²) in [6, 6.07) is 0.322. The van der Waals surface area contributed by atoms with Gasteiger partial charge in [-0.15, -0.1) is 0 Å². The molecule has 0 unspecified atom stereocenters. The fraction of sp³-hybridized carbons (Fsp3) is 0.375. The Labute approximate surface area is 104 Å². The Bertz CT molecular complexity index is 479. The first-order valence-corrected chi connectivity index (χ1v) is 6.20. The fourth-order valence-electron chi connectivity index (χ4n) is 1.28. The number of nitrogens with zero attached hydrogens (tertiary/aromatic N) is 4. The van der Waals surface area contributed by atoms with E-state index in [1.165, 1.54) is 0 Å². The SMILES string of the molecule is CC(C)n1nc(I)c2c([As])ncnc21. The molecule has 0 atom stereocenters. The normalized spacial score (nSPS) is 11.5. The van der Waals surface area contributed by atoms with Crippen molar-refractivity contribution in [3.05, 3.63) is 10.0 Å². The zero-order valence-corrected chi connectivity index (χ0v) is 11.8. The number of halogens is 1. The zero-order valence-electron chi connectivity index (χ0n) is 7.77. The van der Waals surface area contributed by atoms with E-state index in [4.69, 9.17) is 0 Å². The fourth-order valence-corrected chi connectivity index (χ4v) is 3.01. The Morgan fingerprint density at radius 3 is 2.79 bits per heavy atom. The first kappa shape index (κ1) is 10.4. The average molecular weight is 362 g/mol. The van der Waals surface area contributed by atoms with Crippen LogP contribution >= 0.6 is 22.6 Å². The molecule has 0 saturated heterocycles.